The molecule has 29 heavy (non-hydrogen) atoms. The lowest BCUT2D eigenvalue weighted by molar-refractivity contribution is -0.276. The molecule has 0 saturated heterocycles. The summed E-state index contributed by atoms with van der Waals surface area (Å²) in [4.78, 5) is 20.6. The number of phenolic OH excluding ortho intramolecular Hbond substituents is 2. The molecule has 158 valence electrons. The van der Waals surface area contributed by atoms with Crippen molar-refractivity contribution in [3.8, 4) is 23.0 Å². The Balaban J connectivity index is 0.000000291. The predicted octanol–water partition coefficient (Wildman–Crippen LogP) is 4.09. The average molecular weight is 428 g/mol. The van der Waals surface area contributed by atoms with Crippen LogP contribution >= 0.6 is 0 Å². The first kappa shape index (κ1) is 23.4. The van der Waals surface area contributed by atoms with Crippen LogP contribution in [0.15, 0.2) is 36.4 Å². The SMILES string of the molecule is O=C(O)c1ccc(O)c(OC(F)(F)F)c1.O=Cc1ccc(O)c(OC(F)(F)F)c1. The molecule has 0 heterocycles. The topological polar surface area (TPSA) is 113 Å². The Labute approximate surface area is 157 Å². The molecular weight excluding hydrogens is 418 g/mol. The molecule has 0 fully saturated rings. The molecule has 0 unspecified atom stereocenters. The zero-order valence-corrected chi connectivity index (χ0v) is 13.8. The third-order valence-corrected chi connectivity index (χ3v) is 2.78. The molecule has 13 heteroatoms. The first-order valence-electron chi connectivity index (χ1n) is 7.08. The Morgan fingerprint density at radius 1 is 0.828 bits per heavy atom. The third-order valence-electron chi connectivity index (χ3n) is 2.78. The molecule has 2 aromatic rings. The van der Waals surface area contributed by atoms with Gasteiger partial charge in [-0.3, -0.25) is 4.79 Å². The summed E-state index contributed by atoms with van der Waals surface area (Å²) in [6.07, 6.45) is -9.52. The quantitative estimate of drug-likeness (QED) is 0.497. The van der Waals surface area contributed by atoms with Crippen LogP contribution in [0.1, 0.15) is 20.7 Å². The number of benzene rings is 2. The van der Waals surface area contributed by atoms with Crippen molar-refractivity contribution in [3.63, 3.8) is 0 Å². The lowest BCUT2D eigenvalue weighted by Crippen LogP contribution is -2.17. The number of aromatic carboxylic acids is 1. The molecule has 0 spiro atoms. The number of hydrogen-bond donors (Lipinski definition) is 3. The lowest BCUT2D eigenvalue weighted by atomic mass is 10.2. The van der Waals surface area contributed by atoms with Gasteiger partial charge in [0.05, 0.1) is 5.56 Å². The van der Waals surface area contributed by atoms with Crippen LogP contribution < -0.4 is 9.47 Å². The van der Waals surface area contributed by atoms with Gasteiger partial charge in [-0.2, -0.15) is 0 Å². The minimum atomic E-state index is -4.98. The number of rotatable bonds is 4. The zero-order valence-electron chi connectivity index (χ0n) is 13.8. The van der Waals surface area contributed by atoms with Gasteiger partial charge in [-0.1, -0.05) is 0 Å². The van der Waals surface area contributed by atoms with Crippen LogP contribution in [-0.2, 0) is 0 Å². The number of alkyl halides is 6. The third kappa shape index (κ3) is 8.28. The van der Waals surface area contributed by atoms with Gasteiger partial charge in [0.1, 0.15) is 6.29 Å². The summed E-state index contributed by atoms with van der Waals surface area (Å²) >= 11 is 0. The highest BCUT2D eigenvalue weighted by Gasteiger charge is 2.33. The van der Waals surface area contributed by atoms with Gasteiger partial charge in [0.25, 0.3) is 0 Å². The van der Waals surface area contributed by atoms with Crippen LogP contribution in [0.4, 0.5) is 26.3 Å². The van der Waals surface area contributed by atoms with E-state index in [4.69, 9.17) is 15.3 Å². The van der Waals surface area contributed by atoms with E-state index >= 15 is 0 Å². The molecule has 0 atom stereocenters. The van der Waals surface area contributed by atoms with Crippen LogP contribution in [0.3, 0.4) is 0 Å². The van der Waals surface area contributed by atoms with E-state index in [1.165, 1.54) is 6.07 Å². The number of carbonyl (C=O) groups excluding carboxylic acids is 1. The summed E-state index contributed by atoms with van der Waals surface area (Å²) in [6, 6.07) is 5.28. The normalized spacial score (nSPS) is 11.1. The fraction of sp³-hybridized carbons (Fsp3) is 0.125. The largest absolute Gasteiger partial charge is 0.573 e. The highest BCUT2D eigenvalue weighted by molar-refractivity contribution is 5.88. The number of aromatic hydroxyl groups is 2. The van der Waals surface area contributed by atoms with Crippen LogP contribution in [-0.4, -0.2) is 40.3 Å². The second kappa shape index (κ2) is 9.03. The second-order valence-electron chi connectivity index (χ2n) is 4.93. The van der Waals surface area contributed by atoms with Gasteiger partial charge < -0.3 is 24.8 Å². The number of carbonyl (C=O) groups is 2. The predicted molar refractivity (Wildman–Crippen MR) is 81.9 cm³/mol. The molecule has 3 N–H and O–H groups in total. The highest BCUT2D eigenvalue weighted by atomic mass is 19.4. The molecule has 2 rings (SSSR count). The van der Waals surface area contributed by atoms with Crippen molar-refractivity contribution in [1.82, 2.24) is 0 Å². The molecule has 0 bridgehead atoms. The van der Waals surface area contributed by atoms with Crippen LogP contribution in [0.25, 0.3) is 0 Å². The lowest BCUT2D eigenvalue weighted by Gasteiger charge is -2.10. The van der Waals surface area contributed by atoms with Gasteiger partial charge in [0.15, 0.2) is 23.0 Å². The van der Waals surface area contributed by atoms with Gasteiger partial charge in [-0.25, -0.2) is 4.79 Å². The van der Waals surface area contributed by atoms with E-state index in [1.54, 1.807) is 0 Å². The van der Waals surface area contributed by atoms with E-state index in [0.717, 1.165) is 24.3 Å². The van der Waals surface area contributed by atoms with Crippen LogP contribution in [0, 0.1) is 0 Å². The first-order chi connectivity index (χ1) is 13.2. The monoisotopic (exact) mass is 428 g/mol. The van der Waals surface area contributed by atoms with Crippen molar-refractivity contribution in [1.29, 1.82) is 0 Å². The molecule has 0 aliphatic heterocycles. The number of halogens is 6. The minimum absolute atomic E-state index is 0.0120. The van der Waals surface area contributed by atoms with Gasteiger partial charge in [0.2, 0.25) is 0 Å². The van der Waals surface area contributed by atoms with E-state index in [0.29, 0.717) is 12.4 Å². The van der Waals surface area contributed by atoms with Crippen molar-refractivity contribution >= 4 is 12.3 Å². The van der Waals surface area contributed by atoms with Crippen LogP contribution in [0.2, 0.25) is 0 Å². The summed E-state index contributed by atoms with van der Waals surface area (Å²) < 4.78 is 77.4. The summed E-state index contributed by atoms with van der Waals surface area (Å²) in [5.41, 5.74) is -0.422. The van der Waals surface area contributed by atoms with Crippen molar-refractivity contribution in [2.45, 2.75) is 12.7 Å². The fourth-order valence-electron chi connectivity index (χ4n) is 1.66. The molecule has 0 aliphatic carbocycles. The Hall–Kier alpha value is -3.64. The average Bonchev–Trinajstić information content (AvgIpc) is 2.57. The van der Waals surface area contributed by atoms with E-state index in [1.807, 2.05) is 0 Å². The molecule has 7 nitrogen and oxygen atoms in total. The Morgan fingerprint density at radius 3 is 1.69 bits per heavy atom. The minimum Gasteiger partial charge on any atom is -0.504 e. The highest BCUT2D eigenvalue weighted by Crippen LogP contribution is 2.32. The summed E-state index contributed by atoms with van der Waals surface area (Å²) in [5.74, 6) is -4.60. The summed E-state index contributed by atoms with van der Waals surface area (Å²) in [5, 5.41) is 26.4. The smallest absolute Gasteiger partial charge is 0.504 e. The molecule has 0 aliphatic rings. The Bertz CT molecular complexity index is 877. The van der Waals surface area contributed by atoms with E-state index in [9.17, 15) is 35.9 Å². The van der Waals surface area contributed by atoms with Crippen molar-refractivity contribution in [3.05, 3.63) is 47.5 Å². The van der Waals surface area contributed by atoms with Gasteiger partial charge in [-0.05, 0) is 36.4 Å². The van der Waals surface area contributed by atoms with Crippen molar-refractivity contribution in [2.75, 3.05) is 0 Å². The maximum Gasteiger partial charge on any atom is 0.573 e. The zero-order chi connectivity index (χ0) is 22.4. The molecule has 0 radical (unpaired) electrons. The standard InChI is InChI=1S/C8H5F3O4.C8H5F3O3/c9-8(10,11)15-6-3-4(7(13)14)1-2-5(6)12;9-8(10,11)14-7-3-5(4-12)1-2-6(7)13/h1-3,12H,(H,13,14);1-4,13H. The maximum atomic E-state index is 11.8. The molecule has 2 aromatic carbocycles. The Morgan fingerprint density at radius 2 is 1.28 bits per heavy atom. The number of phenols is 2. The van der Waals surface area contributed by atoms with E-state index < -0.39 is 47.3 Å². The van der Waals surface area contributed by atoms with Gasteiger partial charge >= 0.3 is 18.7 Å². The molecule has 0 aromatic heterocycles. The second-order valence-corrected chi connectivity index (χ2v) is 4.93. The first-order valence-corrected chi connectivity index (χ1v) is 7.08. The van der Waals surface area contributed by atoms with E-state index in [2.05, 4.69) is 9.47 Å². The summed E-state index contributed by atoms with van der Waals surface area (Å²) in [6.45, 7) is 0. The number of carboxylic acid groups (broad SMARTS) is 1. The number of hydrogen-bond acceptors (Lipinski definition) is 6. The number of ether oxygens (including phenoxy) is 2. The van der Waals surface area contributed by atoms with Crippen LogP contribution in [0.5, 0.6) is 23.0 Å². The van der Waals surface area contributed by atoms with Gasteiger partial charge in [0, 0.05) is 5.56 Å². The number of aldehydes is 1. The van der Waals surface area contributed by atoms with Crippen molar-refractivity contribution < 1.29 is 60.7 Å². The molecular formula is C16H10F6O7. The maximum absolute atomic E-state index is 11.8. The van der Waals surface area contributed by atoms with E-state index in [-0.39, 0.29) is 5.56 Å². The fourth-order valence-corrected chi connectivity index (χ4v) is 1.66. The summed E-state index contributed by atoms with van der Waals surface area (Å²) in [7, 11) is 0. The molecule has 0 amide bonds. The Kier molecular flexibility index (Phi) is 7.29. The van der Waals surface area contributed by atoms with Crippen molar-refractivity contribution in [2.24, 2.45) is 0 Å². The van der Waals surface area contributed by atoms with Gasteiger partial charge in [-0.15, -0.1) is 26.3 Å². The number of carboxylic acids is 1. The molecule has 0 saturated carbocycles.